The minimum Gasteiger partial charge on any atom is -0.495 e. The van der Waals surface area contributed by atoms with Crippen LogP contribution in [-0.2, 0) is 16.6 Å². The predicted octanol–water partition coefficient (Wildman–Crippen LogP) is 1.88. The Balaban J connectivity index is 3.36. The molecule has 0 saturated heterocycles. The molecule has 108 valence electrons. The molecule has 7 heteroatoms. The molecule has 0 aliphatic heterocycles. The number of benzene rings is 1. The van der Waals surface area contributed by atoms with Crippen molar-refractivity contribution >= 4 is 21.6 Å². The molecule has 0 fully saturated rings. The molecule has 0 bridgehead atoms. The normalized spacial score (nSPS) is 13.3. The van der Waals surface area contributed by atoms with E-state index in [-0.39, 0.29) is 23.2 Å². The van der Waals surface area contributed by atoms with Gasteiger partial charge < -0.3 is 10.5 Å². The molecule has 5 nitrogen and oxygen atoms in total. The van der Waals surface area contributed by atoms with Crippen molar-refractivity contribution in [2.75, 3.05) is 7.11 Å². The van der Waals surface area contributed by atoms with Crippen molar-refractivity contribution < 1.29 is 13.2 Å². The van der Waals surface area contributed by atoms with Gasteiger partial charge >= 0.3 is 0 Å². The molecule has 0 amide bonds. The van der Waals surface area contributed by atoms with Crippen LogP contribution in [0.5, 0.6) is 5.75 Å². The average molecular weight is 307 g/mol. The molecular weight excluding hydrogens is 288 g/mol. The summed E-state index contributed by atoms with van der Waals surface area (Å²) in [5.41, 5.74) is 6.14. The number of nitrogens with one attached hydrogen (secondary N) is 1. The van der Waals surface area contributed by atoms with Gasteiger partial charge in [0.05, 0.1) is 7.11 Å². The number of halogens is 1. The number of ether oxygens (including phenoxy) is 1. The van der Waals surface area contributed by atoms with Crippen LogP contribution in [0.25, 0.3) is 0 Å². The Morgan fingerprint density at radius 2 is 2.11 bits per heavy atom. The third-order valence-electron chi connectivity index (χ3n) is 2.78. The summed E-state index contributed by atoms with van der Waals surface area (Å²) < 4.78 is 32.4. The van der Waals surface area contributed by atoms with Gasteiger partial charge in [-0.15, -0.1) is 0 Å². The molecule has 19 heavy (non-hydrogen) atoms. The Hall–Kier alpha value is -0.820. The number of methoxy groups -OCH3 is 1. The summed E-state index contributed by atoms with van der Waals surface area (Å²) in [5, 5.41) is 0.311. The van der Waals surface area contributed by atoms with Crippen LogP contribution in [0, 0.1) is 0 Å². The van der Waals surface area contributed by atoms with E-state index in [1.165, 1.54) is 13.2 Å². The molecule has 0 aromatic heterocycles. The van der Waals surface area contributed by atoms with Crippen LogP contribution in [0.15, 0.2) is 17.0 Å². The SMILES string of the molecule is CCC(C)NS(=O)(=O)c1cc(Cl)cc(CN)c1OC. The average Bonchev–Trinajstić information content (AvgIpc) is 2.36. The zero-order valence-electron chi connectivity index (χ0n) is 11.2. The minimum atomic E-state index is -3.68. The maximum absolute atomic E-state index is 12.3. The largest absolute Gasteiger partial charge is 0.495 e. The van der Waals surface area contributed by atoms with Crippen LogP contribution in [-0.4, -0.2) is 21.6 Å². The first-order valence-corrected chi connectivity index (χ1v) is 7.80. The Labute approximate surface area is 119 Å². The Bertz CT molecular complexity index is 546. The highest BCUT2D eigenvalue weighted by molar-refractivity contribution is 7.89. The maximum Gasteiger partial charge on any atom is 0.244 e. The van der Waals surface area contributed by atoms with Gasteiger partial charge in [0.15, 0.2) is 0 Å². The van der Waals surface area contributed by atoms with E-state index in [9.17, 15) is 8.42 Å². The first-order chi connectivity index (χ1) is 8.85. The van der Waals surface area contributed by atoms with Crippen LogP contribution in [0.4, 0.5) is 0 Å². The zero-order chi connectivity index (χ0) is 14.6. The van der Waals surface area contributed by atoms with E-state index in [0.717, 1.165) is 0 Å². The molecule has 0 heterocycles. The fraction of sp³-hybridized carbons (Fsp3) is 0.500. The number of hydrogen-bond donors (Lipinski definition) is 2. The molecule has 1 atom stereocenters. The predicted molar refractivity (Wildman–Crippen MR) is 76.0 cm³/mol. The lowest BCUT2D eigenvalue weighted by atomic mass is 10.2. The van der Waals surface area contributed by atoms with E-state index in [2.05, 4.69) is 4.72 Å². The summed E-state index contributed by atoms with van der Waals surface area (Å²) in [7, 11) is -2.28. The van der Waals surface area contributed by atoms with Crippen LogP contribution >= 0.6 is 11.6 Å². The topological polar surface area (TPSA) is 81.4 Å². The molecule has 1 unspecified atom stereocenters. The van der Waals surface area contributed by atoms with Crippen molar-refractivity contribution in [2.45, 2.75) is 37.8 Å². The summed E-state index contributed by atoms with van der Waals surface area (Å²) in [5.74, 6) is 0.239. The van der Waals surface area contributed by atoms with Gasteiger partial charge in [0.2, 0.25) is 10.0 Å². The first-order valence-electron chi connectivity index (χ1n) is 5.94. The molecule has 0 aliphatic rings. The van der Waals surface area contributed by atoms with E-state index < -0.39 is 10.0 Å². The van der Waals surface area contributed by atoms with Crippen LogP contribution < -0.4 is 15.2 Å². The summed E-state index contributed by atoms with van der Waals surface area (Å²) in [6, 6.07) is 2.79. The summed E-state index contributed by atoms with van der Waals surface area (Å²) in [6.07, 6.45) is 0.686. The number of hydrogen-bond acceptors (Lipinski definition) is 4. The van der Waals surface area contributed by atoms with E-state index in [1.54, 1.807) is 13.0 Å². The zero-order valence-corrected chi connectivity index (χ0v) is 12.8. The van der Waals surface area contributed by atoms with Gasteiger partial charge in [-0.3, -0.25) is 0 Å². The molecular formula is C12H19ClN2O3S. The lowest BCUT2D eigenvalue weighted by molar-refractivity contribution is 0.397. The van der Waals surface area contributed by atoms with Gasteiger partial charge in [-0.1, -0.05) is 18.5 Å². The number of sulfonamides is 1. The first kappa shape index (κ1) is 16.2. The van der Waals surface area contributed by atoms with Crippen molar-refractivity contribution in [3.05, 3.63) is 22.7 Å². The summed E-state index contributed by atoms with van der Waals surface area (Å²) >= 11 is 5.93. The quantitative estimate of drug-likeness (QED) is 0.841. The molecule has 0 saturated carbocycles. The maximum atomic E-state index is 12.3. The number of rotatable bonds is 6. The van der Waals surface area contributed by atoms with Crippen LogP contribution in [0.1, 0.15) is 25.8 Å². The third-order valence-corrected chi connectivity index (χ3v) is 4.59. The van der Waals surface area contributed by atoms with E-state index >= 15 is 0 Å². The fourth-order valence-corrected chi connectivity index (χ4v) is 3.49. The van der Waals surface area contributed by atoms with Crippen molar-refractivity contribution in [1.82, 2.24) is 4.72 Å². The van der Waals surface area contributed by atoms with Gasteiger partial charge in [-0.2, -0.15) is 0 Å². The van der Waals surface area contributed by atoms with Gasteiger partial charge in [0, 0.05) is 23.2 Å². The third kappa shape index (κ3) is 3.82. The van der Waals surface area contributed by atoms with E-state index in [1.807, 2.05) is 6.92 Å². The van der Waals surface area contributed by atoms with Gasteiger partial charge in [0.25, 0.3) is 0 Å². The van der Waals surface area contributed by atoms with Crippen molar-refractivity contribution in [3.8, 4) is 5.75 Å². The monoisotopic (exact) mass is 306 g/mol. The molecule has 1 rings (SSSR count). The Morgan fingerprint density at radius 1 is 1.47 bits per heavy atom. The van der Waals surface area contributed by atoms with Gasteiger partial charge in [0.1, 0.15) is 10.6 Å². The highest BCUT2D eigenvalue weighted by Crippen LogP contribution is 2.31. The Kier molecular flexibility index (Phi) is 5.61. The van der Waals surface area contributed by atoms with Crippen LogP contribution in [0.3, 0.4) is 0 Å². The lowest BCUT2D eigenvalue weighted by Gasteiger charge is -2.16. The Morgan fingerprint density at radius 3 is 2.58 bits per heavy atom. The molecule has 0 spiro atoms. The van der Waals surface area contributed by atoms with Crippen molar-refractivity contribution in [3.63, 3.8) is 0 Å². The standard InChI is InChI=1S/C12H19ClN2O3S/c1-4-8(2)15-19(16,17)11-6-10(13)5-9(7-14)12(11)18-3/h5-6,8,15H,4,7,14H2,1-3H3. The lowest BCUT2D eigenvalue weighted by Crippen LogP contribution is -2.32. The molecule has 1 aromatic carbocycles. The summed E-state index contributed by atoms with van der Waals surface area (Å²) in [4.78, 5) is 0.0169. The van der Waals surface area contributed by atoms with E-state index in [0.29, 0.717) is 17.0 Å². The fourth-order valence-electron chi connectivity index (χ4n) is 1.62. The highest BCUT2D eigenvalue weighted by Gasteiger charge is 2.23. The number of nitrogens with two attached hydrogens (primary N) is 1. The molecule has 1 aromatic rings. The van der Waals surface area contributed by atoms with Crippen molar-refractivity contribution in [1.29, 1.82) is 0 Å². The molecule has 0 radical (unpaired) electrons. The summed E-state index contributed by atoms with van der Waals surface area (Å²) in [6.45, 7) is 3.84. The second kappa shape index (κ2) is 6.56. The molecule has 0 aliphatic carbocycles. The van der Waals surface area contributed by atoms with E-state index in [4.69, 9.17) is 22.1 Å². The second-order valence-corrected chi connectivity index (χ2v) is 6.35. The van der Waals surface area contributed by atoms with Crippen molar-refractivity contribution in [2.24, 2.45) is 5.73 Å². The van der Waals surface area contributed by atoms with Gasteiger partial charge in [-0.25, -0.2) is 13.1 Å². The van der Waals surface area contributed by atoms with Crippen LogP contribution in [0.2, 0.25) is 5.02 Å². The second-order valence-electron chi connectivity index (χ2n) is 4.23. The molecule has 3 N–H and O–H groups in total. The highest BCUT2D eigenvalue weighted by atomic mass is 35.5. The van der Waals surface area contributed by atoms with Gasteiger partial charge in [-0.05, 0) is 25.5 Å². The smallest absolute Gasteiger partial charge is 0.244 e. The minimum absolute atomic E-state index is 0.0169.